The monoisotopic (exact) mass is 267 g/mol. The Morgan fingerprint density at radius 3 is 2.89 bits per heavy atom. The lowest BCUT2D eigenvalue weighted by atomic mass is 10.0. The zero-order valence-electron chi connectivity index (χ0n) is 10.1. The Labute approximate surface area is 109 Å². The van der Waals surface area contributed by atoms with Crippen LogP contribution in [0.4, 0.5) is 5.69 Å². The van der Waals surface area contributed by atoms with E-state index >= 15 is 0 Å². The van der Waals surface area contributed by atoms with Crippen molar-refractivity contribution in [3.8, 4) is 0 Å². The second kappa shape index (κ2) is 5.35. The molecule has 1 heterocycles. The van der Waals surface area contributed by atoms with E-state index in [2.05, 4.69) is 16.9 Å². The summed E-state index contributed by atoms with van der Waals surface area (Å²) >= 11 is 5.73. The Balaban J connectivity index is 2.59. The Morgan fingerprint density at radius 2 is 2.28 bits per heavy atom. The Kier molecular flexibility index (Phi) is 3.81. The molecule has 0 spiro atoms. The Morgan fingerprint density at radius 1 is 1.50 bits per heavy atom. The number of benzene rings is 1. The molecule has 0 amide bonds. The number of rotatable bonds is 5. The smallest absolute Gasteiger partial charge is 0.274 e. The van der Waals surface area contributed by atoms with Gasteiger partial charge in [0.2, 0.25) is 0 Å². The number of halogens is 1. The molecule has 2 rings (SSSR count). The number of aryl methyl sites for hydroxylation is 1. The third-order valence-corrected chi connectivity index (χ3v) is 3.14. The minimum Gasteiger partial charge on any atom is -0.341 e. The minimum absolute atomic E-state index is 0.142. The van der Waals surface area contributed by atoms with Crippen LogP contribution in [-0.2, 0) is 12.3 Å². The van der Waals surface area contributed by atoms with Gasteiger partial charge in [0.1, 0.15) is 5.82 Å². The van der Waals surface area contributed by atoms with Crippen molar-refractivity contribution in [3.63, 3.8) is 0 Å². The van der Waals surface area contributed by atoms with E-state index in [0.717, 1.165) is 18.4 Å². The van der Waals surface area contributed by atoms with Gasteiger partial charge in [-0.25, -0.2) is 4.98 Å². The molecule has 0 fully saturated rings. The quantitative estimate of drug-likeness (QED) is 0.511. The number of alkyl halides is 1. The van der Waals surface area contributed by atoms with E-state index in [9.17, 15) is 10.1 Å². The van der Waals surface area contributed by atoms with E-state index in [1.54, 1.807) is 6.07 Å². The summed E-state index contributed by atoms with van der Waals surface area (Å²) in [6.07, 6.45) is 2.56. The molecule has 2 aromatic rings. The van der Waals surface area contributed by atoms with Gasteiger partial charge < -0.3 is 4.98 Å². The third-order valence-electron chi connectivity index (χ3n) is 2.89. The van der Waals surface area contributed by atoms with Crippen molar-refractivity contribution in [2.75, 3.05) is 0 Å². The summed E-state index contributed by atoms with van der Waals surface area (Å²) < 4.78 is 0. The molecule has 0 bridgehead atoms. The van der Waals surface area contributed by atoms with Gasteiger partial charge in [0.15, 0.2) is 0 Å². The first kappa shape index (κ1) is 12.8. The molecule has 6 heteroatoms. The standard InChI is InChI=1S/C12H14ClN3O2/c1-2-3-4-8-10(16(17)18)6-5-9-12(8)15-11(7-13)14-9/h5-6H,2-4,7H2,1H3,(H,14,15). The molecule has 96 valence electrons. The van der Waals surface area contributed by atoms with Gasteiger partial charge in [0.25, 0.3) is 5.69 Å². The molecule has 0 atom stereocenters. The Hall–Kier alpha value is -1.62. The average molecular weight is 268 g/mol. The summed E-state index contributed by atoms with van der Waals surface area (Å²) in [6.45, 7) is 2.06. The van der Waals surface area contributed by atoms with Crippen LogP contribution in [0.2, 0.25) is 0 Å². The molecule has 18 heavy (non-hydrogen) atoms. The Bertz CT molecular complexity index is 580. The van der Waals surface area contributed by atoms with Gasteiger partial charge >= 0.3 is 0 Å². The summed E-state index contributed by atoms with van der Waals surface area (Å²) in [5.41, 5.74) is 2.33. The lowest BCUT2D eigenvalue weighted by Gasteiger charge is -2.02. The number of imidazole rings is 1. The van der Waals surface area contributed by atoms with Gasteiger partial charge in [-0.3, -0.25) is 10.1 Å². The number of aromatic nitrogens is 2. The highest BCUT2D eigenvalue weighted by Crippen LogP contribution is 2.28. The van der Waals surface area contributed by atoms with E-state index < -0.39 is 0 Å². The number of unbranched alkanes of at least 4 members (excludes halogenated alkanes) is 1. The summed E-state index contributed by atoms with van der Waals surface area (Å²) in [5.74, 6) is 0.917. The molecule has 1 aromatic heterocycles. The first-order chi connectivity index (χ1) is 8.67. The number of nitrogens with one attached hydrogen (secondary N) is 1. The minimum atomic E-state index is -0.348. The highest BCUT2D eigenvalue weighted by atomic mass is 35.5. The highest BCUT2D eigenvalue weighted by Gasteiger charge is 2.18. The fourth-order valence-electron chi connectivity index (χ4n) is 2.01. The average Bonchev–Trinajstić information content (AvgIpc) is 2.78. The van der Waals surface area contributed by atoms with Crippen LogP contribution in [0.3, 0.4) is 0 Å². The number of hydrogen-bond donors (Lipinski definition) is 1. The molecule has 0 saturated heterocycles. The molecule has 0 unspecified atom stereocenters. The lowest BCUT2D eigenvalue weighted by molar-refractivity contribution is -0.385. The normalized spacial score (nSPS) is 11.0. The van der Waals surface area contributed by atoms with Crippen LogP contribution in [0, 0.1) is 10.1 Å². The van der Waals surface area contributed by atoms with Crippen LogP contribution in [0.25, 0.3) is 11.0 Å². The molecule has 0 radical (unpaired) electrons. The van der Waals surface area contributed by atoms with Crippen LogP contribution in [0.5, 0.6) is 0 Å². The van der Waals surface area contributed by atoms with Gasteiger partial charge in [-0.15, -0.1) is 11.6 Å². The van der Waals surface area contributed by atoms with E-state index in [1.807, 2.05) is 0 Å². The molecule has 1 aromatic carbocycles. The second-order valence-electron chi connectivity index (χ2n) is 4.14. The number of nitro benzene ring substituents is 1. The van der Waals surface area contributed by atoms with Crippen molar-refractivity contribution in [3.05, 3.63) is 33.6 Å². The molecule has 0 aliphatic heterocycles. The maximum Gasteiger partial charge on any atom is 0.274 e. The molecule has 0 aliphatic carbocycles. The van der Waals surface area contributed by atoms with Gasteiger partial charge in [-0.05, 0) is 18.9 Å². The molecule has 0 saturated carbocycles. The van der Waals surface area contributed by atoms with Gasteiger partial charge in [0, 0.05) is 6.07 Å². The van der Waals surface area contributed by atoms with Crippen LogP contribution in [0.15, 0.2) is 12.1 Å². The number of H-pyrrole nitrogens is 1. The number of nitrogens with zero attached hydrogens (tertiary/aromatic N) is 2. The van der Waals surface area contributed by atoms with Gasteiger partial charge in [-0.1, -0.05) is 13.3 Å². The van der Waals surface area contributed by atoms with Crippen molar-refractivity contribution < 1.29 is 4.92 Å². The number of nitro groups is 1. The van der Waals surface area contributed by atoms with Crippen LogP contribution in [0.1, 0.15) is 31.2 Å². The molecular formula is C12H14ClN3O2. The molecule has 5 nitrogen and oxygen atoms in total. The van der Waals surface area contributed by atoms with Crippen molar-refractivity contribution in [2.24, 2.45) is 0 Å². The number of aromatic amines is 1. The summed E-state index contributed by atoms with van der Waals surface area (Å²) in [7, 11) is 0. The van der Waals surface area contributed by atoms with E-state index in [1.165, 1.54) is 6.07 Å². The predicted octanol–water partition coefficient (Wildman–Crippen LogP) is 3.55. The lowest BCUT2D eigenvalue weighted by Crippen LogP contribution is -1.97. The molecular weight excluding hydrogens is 254 g/mol. The third kappa shape index (κ3) is 2.31. The van der Waals surface area contributed by atoms with E-state index in [4.69, 9.17) is 11.6 Å². The predicted molar refractivity (Wildman–Crippen MR) is 70.9 cm³/mol. The fraction of sp³-hybridized carbons (Fsp3) is 0.417. The highest BCUT2D eigenvalue weighted by molar-refractivity contribution is 6.16. The van der Waals surface area contributed by atoms with Crippen molar-refractivity contribution >= 4 is 28.3 Å². The number of fused-ring (bicyclic) bond motifs is 1. The first-order valence-electron chi connectivity index (χ1n) is 5.88. The van der Waals surface area contributed by atoms with Gasteiger partial charge in [0.05, 0.1) is 27.4 Å². The molecule has 1 N–H and O–H groups in total. The maximum absolute atomic E-state index is 11.0. The largest absolute Gasteiger partial charge is 0.341 e. The summed E-state index contributed by atoms with van der Waals surface area (Å²) in [4.78, 5) is 18.1. The SMILES string of the molecule is CCCCc1c([N+](=O)[O-])ccc2[nH]c(CCl)nc12. The van der Waals surface area contributed by atoms with Crippen LogP contribution in [-0.4, -0.2) is 14.9 Å². The second-order valence-corrected chi connectivity index (χ2v) is 4.40. The van der Waals surface area contributed by atoms with Crippen molar-refractivity contribution in [1.82, 2.24) is 9.97 Å². The number of hydrogen-bond acceptors (Lipinski definition) is 3. The zero-order chi connectivity index (χ0) is 13.1. The molecule has 0 aliphatic rings. The van der Waals surface area contributed by atoms with Crippen molar-refractivity contribution in [2.45, 2.75) is 32.1 Å². The maximum atomic E-state index is 11.0. The fourth-order valence-corrected chi connectivity index (χ4v) is 2.13. The zero-order valence-corrected chi connectivity index (χ0v) is 10.8. The van der Waals surface area contributed by atoms with Crippen molar-refractivity contribution in [1.29, 1.82) is 0 Å². The first-order valence-corrected chi connectivity index (χ1v) is 6.41. The van der Waals surface area contributed by atoms with E-state index in [-0.39, 0.29) is 16.5 Å². The topological polar surface area (TPSA) is 71.8 Å². The van der Waals surface area contributed by atoms with Crippen LogP contribution < -0.4 is 0 Å². The summed E-state index contributed by atoms with van der Waals surface area (Å²) in [5, 5.41) is 11.0. The summed E-state index contributed by atoms with van der Waals surface area (Å²) in [6, 6.07) is 3.22. The van der Waals surface area contributed by atoms with Crippen LogP contribution >= 0.6 is 11.6 Å². The van der Waals surface area contributed by atoms with E-state index in [0.29, 0.717) is 23.3 Å². The van der Waals surface area contributed by atoms with Gasteiger partial charge in [-0.2, -0.15) is 0 Å².